The molecule has 0 bridgehead atoms. The maximum atomic E-state index is 11.5. The Kier molecular flexibility index (Phi) is 4.77. The number of carbonyl (C=O) groups is 1. The second-order valence-electron chi connectivity index (χ2n) is 4.61. The number of carbonyl (C=O) groups excluding carboxylic acids is 1. The van der Waals surface area contributed by atoms with Gasteiger partial charge in [0.2, 0.25) is 0 Å². The summed E-state index contributed by atoms with van der Waals surface area (Å²) in [5.74, 6) is 0.367. The number of rotatable bonds is 5. The molecule has 0 saturated carbocycles. The van der Waals surface area contributed by atoms with Gasteiger partial charge in [0, 0.05) is 13.0 Å². The van der Waals surface area contributed by atoms with Crippen molar-refractivity contribution in [3.63, 3.8) is 0 Å². The fourth-order valence-corrected chi connectivity index (χ4v) is 1.93. The Bertz CT molecular complexity index is 579. The van der Waals surface area contributed by atoms with Crippen LogP contribution in [0.5, 0.6) is 5.75 Å². The maximum absolute atomic E-state index is 11.5. The van der Waals surface area contributed by atoms with E-state index in [1.165, 1.54) is 5.56 Å². The molecule has 0 aromatic heterocycles. The highest BCUT2D eigenvalue weighted by atomic mass is 16.5. The highest BCUT2D eigenvalue weighted by Gasteiger charge is 2.09. The Balaban J connectivity index is 2.15. The van der Waals surface area contributed by atoms with Crippen LogP contribution in [0.15, 0.2) is 48.5 Å². The predicted octanol–water partition coefficient (Wildman–Crippen LogP) is 3.92. The summed E-state index contributed by atoms with van der Waals surface area (Å²) in [4.78, 5) is 11.5. The van der Waals surface area contributed by atoms with Gasteiger partial charge in [-0.1, -0.05) is 49.4 Å². The molecule has 3 heteroatoms. The Morgan fingerprint density at radius 2 is 1.85 bits per heavy atom. The van der Waals surface area contributed by atoms with Crippen molar-refractivity contribution >= 4 is 11.7 Å². The van der Waals surface area contributed by atoms with Gasteiger partial charge in [-0.3, -0.25) is 4.79 Å². The van der Waals surface area contributed by atoms with Gasteiger partial charge < -0.3 is 10.1 Å². The number of hydrogen-bond acceptors (Lipinski definition) is 3. The van der Waals surface area contributed by atoms with E-state index in [0.29, 0.717) is 18.7 Å². The van der Waals surface area contributed by atoms with Gasteiger partial charge in [0.15, 0.2) is 5.75 Å². The standard InChI is InChI=1S/C17H19NO2/c1-3-16(19)20-15-11-7-8-13(2)17(15)18-12-14-9-5-4-6-10-14/h4-11,18H,3,12H2,1-2H3. The van der Waals surface area contributed by atoms with Crippen LogP contribution >= 0.6 is 0 Å². The number of benzene rings is 2. The molecule has 0 aliphatic heterocycles. The van der Waals surface area contributed by atoms with Crippen molar-refractivity contribution in [3.05, 3.63) is 59.7 Å². The minimum absolute atomic E-state index is 0.224. The van der Waals surface area contributed by atoms with E-state index in [2.05, 4.69) is 17.4 Å². The average Bonchev–Trinajstić information content (AvgIpc) is 2.47. The summed E-state index contributed by atoms with van der Waals surface area (Å²) < 4.78 is 5.36. The van der Waals surface area contributed by atoms with E-state index < -0.39 is 0 Å². The van der Waals surface area contributed by atoms with Crippen molar-refractivity contribution in [1.82, 2.24) is 0 Å². The van der Waals surface area contributed by atoms with Crippen LogP contribution in [0.3, 0.4) is 0 Å². The van der Waals surface area contributed by atoms with Crippen LogP contribution in [-0.4, -0.2) is 5.97 Å². The van der Waals surface area contributed by atoms with Crippen molar-refractivity contribution < 1.29 is 9.53 Å². The predicted molar refractivity (Wildman–Crippen MR) is 80.9 cm³/mol. The third kappa shape index (κ3) is 3.60. The van der Waals surface area contributed by atoms with Crippen molar-refractivity contribution in [2.75, 3.05) is 5.32 Å². The summed E-state index contributed by atoms with van der Waals surface area (Å²) in [5, 5.41) is 3.35. The first-order valence-corrected chi connectivity index (χ1v) is 6.78. The molecular formula is C17H19NO2. The number of ether oxygens (including phenoxy) is 1. The molecule has 0 aliphatic rings. The van der Waals surface area contributed by atoms with Crippen LogP contribution in [0.4, 0.5) is 5.69 Å². The molecular weight excluding hydrogens is 250 g/mol. The number of aryl methyl sites for hydroxylation is 1. The third-order valence-corrected chi connectivity index (χ3v) is 3.06. The van der Waals surface area contributed by atoms with Crippen molar-refractivity contribution in [1.29, 1.82) is 0 Å². The number of para-hydroxylation sites is 1. The normalized spacial score (nSPS) is 10.1. The fraction of sp³-hybridized carbons (Fsp3) is 0.235. The monoisotopic (exact) mass is 269 g/mol. The smallest absolute Gasteiger partial charge is 0.310 e. The van der Waals surface area contributed by atoms with E-state index >= 15 is 0 Å². The average molecular weight is 269 g/mol. The van der Waals surface area contributed by atoms with Crippen molar-refractivity contribution in [3.8, 4) is 5.75 Å². The summed E-state index contributed by atoms with van der Waals surface area (Å²) >= 11 is 0. The summed E-state index contributed by atoms with van der Waals surface area (Å²) in [6.45, 7) is 4.48. The zero-order valence-corrected chi connectivity index (χ0v) is 11.8. The van der Waals surface area contributed by atoms with E-state index in [0.717, 1.165) is 11.3 Å². The van der Waals surface area contributed by atoms with Gasteiger partial charge in [0.25, 0.3) is 0 Å². The second kappa shape index (κ2) is 6.75. The lowest BCUT2D eigenvalue weighted by molar-refractivity contribution is -0.133. The van der Waals surface area contributed by atoms with Crippen LogP contribution in [0, 0.1) is 6.92 Å². The molecule has 2 aromatic rings. The Labute approximate surface area is 119 Å². The van der Waals surface area contributed by atoms with Gasteiger partial charge in [0.05, 0.1) is 5.69 Å². The van der Waals surface area contributed by atoms with Crippen LogP contribution in [0.2, 0.25) is 0 Å². The SMILES string of the molecule is CCC(=O)Oc1cccc(C)c1NCc1ccccc1. The molecule has 2 aromatic carbocycles. The molecule has 0 amide bonds. The molecule has 3 nitrogen and oxygen atoms in total. The van der Waals surface area contributed by atoms with E-state index in [4.69, 9.17) is 4.74 Å². The van der Waals surface area contributed by atoms with Crippen molar-refractivity contribution in [2.24, 2.45) is 0 Å². The van der Waals surface area contributed by atoms with Gasteiger partial charge >= 0.3 is 5.97 Å². The van der Waals surface area contributed by atoms with Gasteiger partial charge in [-0.05, 0) is 24.1 Å². The largest absolute Gasteiger partial charge is 0.424 e. The van der Waals surface area contributed by atoms with Gasteiger partial charge in [0.1, 0.15) is 0 Å². The number of hydrogen-bond donors (Lipinski definition) is 1. The minimum atomic E-state index is -0.224. The number of anilines is 1. The molecule has 0 radical (unpaired) electrons. The van der Waals surface area contributed by atoms with E-state index in [1.54, 1.807) is 6.92 Å². The molecule has 2 rings (SSSR count). The third-order valence-electron chi connectivity index (χ3n) is 3.06. The zero-order valence-electron chi connectivity index (χ0n) is 11.8. The van der Waals surface area contributed by atoms with E-state index in [-0.39, 0.29) is 5.97 Å². The first kappa shape index (κ1) is 14.1. The topological polar surface area (TPSA) is 38.3 Å². The molecule has 0 aliphatic carbocycles. The molecule has 0 saturated heterocycles. The second-order valence-corrected chi connectivity index (χ2v) is 4.61. The van der Waals surface area contributed by atoms with Crippen LogP contribution in [0.25, 0.3) is 0 Å². The van der Waals surface area contributed by atoms with Crippen LogP contribution in [-0.2, 0) is 11.3 Å². The lowest BCUT2D eigenvalue weighted by Gasteiger charge is -2.14. The quantitative estimate of drug-likeness (QED) is 0.660. The van der Waals surface area contributed by atoms with Crippen LogP contribution in [0.1, 0.15) is 24.5 Å². The minimum Gasteiger partial charge on any atom is -0.424 e. The van der Waals surface area contributed by atoms with E-state index in [9.17, 15) is 4.79 Å². The molecule has 20 heavy (non-hydrogen) atoms. The first-order chi connectivity index (χ1) is 9.70. The number of esters is 1. The summed E-state index contributed by atoms with van der Waals surface area (Å²) in [6, 6.07) is 15.8. The Morgan fingerprint density at radius 1 is 1.10 bits per heavy atom. The lowest BCUT2D eigenvalue weighted by Crippen LogP contribution is -2.09. The van der Waals surface area contributed by atoms with Gasteiger partial charge in [-0.25, -0.2) is 0 Å². The fourth-order valence-electron chi connectivity index (χ4n) is 1.93. The summed E-state index contributed by atoms with van der Waals surface area (Å²) in [5.41, 5.74) is 3.11. The molecule has 104 valence electrons. The summed E-state index contributed by atoms with van der Waals surface area (Å²) in [7, 11) is 0. The summed E-state index contributed by atoms with van der Waals surface area (Å²) in [6.07, 6.45) is 0.367. The highest BCUT2D eigenvalue weighted by molar-refractivity contribution is 5.75. The number of nitrogens with one attached hydrogen (secondary N) is 1. The van der Waals surface area contributed by atoms with Crippen molar-refractivity contribution in [2.45, 2.75) is 26.8 Å². The van der Waals surface area contributed by atoms with Gasteiger partial charge in [-0.2, -0.15) is 0 Å². The Morgan fingerprint density at radius 3 is 2.55 bits per heavy atom. The lowest BCUT2D eigenvalue weighted by atomic mass is 10.1. The maximum Gasteiger partial charge on any atom is 0.310 e. The molecule has 0 unspecified atom stereocenters. The molecule has 0 fully saturated rings. The zero-order chi connectivity index (χ0) is 14.4. The highest BCUT2D eigenvalue weighted by Crippen LogP contribution is 2.28. The van der Waals surface area contributed by atoms with Gasteiger partial charge in [-0.15, -0.1) is 0 Å². The Hall–Kier alpha value is -2.29. The first-order valence-electron chi connectivity index (χ1n) is 6.78. The van der Waals surface area contributed by atoms with Crippen LogP contribution < -0.4 is 10.1 Å². The molecule has 0 heterocycles. The molecule has 0 atom stereocenters. The van der Waals surface area contributed by atoms with E-state index in [1.807, 2.05) is 43.3 Å². The molecule has 0 spiro atoms. The molecule has 1 N–H and O–H groups in total.